The molecule has 0 fully saturated rings. The van der Waals surface area contributed by atoms with Crippen molar-refractivity contribution < 1.29 is 18.9 Å². The van der Waals surface area contributed by atoms with Crippen LogP contribution in [0, 0.1) is 25.7 Å². The van der Waals surface area contributed by atoms with Gasteiger partial charge in [0, 0.05) is 0 Å². The molecular weight excluding hydrogens is 1450 g/mol. The summed E-state index contributed by atoms with van der Waals surface area (Å²) in [7, 11) is 0. The average molecular weight is 1580 g/mol. The summed E-state index contributed by atoms with van der Waals surface area (Å²) < 4.78 is 34.8. The molecule has 0 radical (unpaired) electrons. The number of nitrogens with zero attached hydrogens (tertiary/aromatic N) is 2. The first-order valence-electron chi connectivity index (χ1n) is 40.0. The van der Waals surface area contributed by atoms with Crippen LogP contribution in [0.4, 0.5) is 0 Å². The summed E-state index contributed by atoms with van der Waals surface area (Å²) in [5.41, 5.74) is 3.70. The molecule has 0 spiro atoms. The molecule has 2 unspecified atom stereocenters. The Hall–Kier alpha value is -2.70. The Morgan fingerprint density at radius 3 is 1.03 bits per heavy atom. The van der Waals surface area contributed by atoms with Crippen molar-refractivity contribution >= 4 is 74.6 Å². The summed E-state index contributed by atoms with van der Waals surface area (Å²) in [4.78, 5) is 35.7. The molecule has 2 atom stereocenters. The summed E-state index contributed by atoms with van der Waals surface area (Å²) in [6.07, 6.45) is 61.5. The molecule has 2 aliphatic heterocycles. The third kappa shape index (κ3) is 25.4. The van der Waals surface area contributed by atoms with Crippen LogP contribution in [0.25, 0.3) is 47.5 Å². The van der Waals surface area contributed by atoms with Crippen LogP contribution in [0.1, 0.15) is 332 Å². The van der Waals surface area contributed by atoms with E-state index in [2.05, 4.69) is 87.1 Å². The van der Waals surface area contributed by atoms with Gasteiger partial charge in [0.05, 0.1) is 0 Å². The molecule has 8 heterocycles. The number of aryl methyl sites for hydroxylation is 4. The van der Waals surface area contributed by atoms with Gasteiger partial charge in [-0.15, -0.1) is 0 Å². The number of rotatable bonds is 54. The van der Waals surface area contributed by atoms with Gasteiger partial charge in [-0.3, -0.25) is 0 Å². The molecule has 0 amide bonds. The fourth-order valence-corrected chi connectivity index (χ4v) is 23.3. The Morgan fingerprint density at radius 2 is 0.656 bits per heavy atom. The van der Waals surface area contributed by atoms with Gasteiger partial charge < -0.3 is 0 Å². The third-order valence-corrected chi connectivity index (χ3v) is 30.0. The van der Waals surface area contributed by atoms with E-state index < -0.39 is 40.9 Å². The molecule has 2 aliphatic rings. The second-order valence-corrected chi connectivity index (χ2v) is 38.0. The van der Waals surface area contributed by atoms with Gasteiger partial charge in [0.1, 0.15) is 0 Å². The number of hydrogen-bond acceptors (Lipinski definition) is 8. The van der Waals surface area contributed by atoms with Crippen molar-refractivity contribution in [3.63, 3.8) is 0 Å². The summed E-state index contributed by atoms with van der Waals surface area (Å²) in [5, 5.41) is 0. The summed E-state index contributed by atoms with van der Waals surface area (Å²) in [6, 6.07) is 13.3. The Kier molecular flexibility index (Phi) is 37.9. The first-order valence-corrected chi connectivity index (χ1v) is 46.3. The third-order valence-electron chi connectivity index (χ3n) is 21.0. The molecule has 0 aliphatic carbocycles. The molecule has 0 saturated carbocycles. The number of aromatic nitrogens is 2. The molecule has 0 bridgehead atoms. The first-order chi connectivity index (χ1) is 47.2. The maximum absolute atomic E-state index is 15.9. The van der Waals surface area contributed by atoms with Crippen molar-refractivity contribution in [1.29, 1.82) is 0 Å². The molecule has 8 nitrogen and oxygen atoms in total. The Bertz CT molecular complexity index is 3230. The van der Waals surface area contributed by atoms with Gasteiger partial charge >= 0.3 is 408 Å². The molecule has 96 heavy (non-hydrogen) atoms. The standard InChI is InChI=1S/C84H130N2O6S2Te2/c1-7-11-15-19-23-27-29-33-37-41-49-67(47-39-35-31-25-21-17-13-9-3)51-43-45-57-85-72-64-70(74-55-56-75(96-74)80-78-79(92-62-61-91-78)82(94-80)81-77-76(66(6)93-81)89-59-60-90-77)84(88)86(71(72)63-69(83(85)87)73-54-53-65(5)95-73)58-46-44-52-68(48-40-36-32-26-22-18-14-10-4)50-42-38-34-30-28-24-20-16-12-8-2/h53-56,63-64,67-68H,7-52,57-62H2,1-6H3. The van der Waals surface area contributed by atoms with Gasteiger partial charge in [-0.2, -0.15) is 0 Å². The summed E-state index contributed by atoms with van der Waals surface area (Å²) in [6.45, 7) is 17.0. The van der Waals surface area contributed by atoms with Crippen molar-refractivity contribution in [3.8, 4) is 59.5 Å². The van der Waals surface area contributed by atoms with Crippen LogP contribution in [0.15, 0.2) is 46.0 Å². The van der Waals surface area contributed by atoms with Crippen molar-refractivity contribution in [2.24, 2.45) is 11.8 Å². The summed E-state index contributed by atoms with van der Waals surface area (Å²) in [5.74, 6) is 4.75. The molecule has 0 N–H and O–H groups in total. The second-order valence-electron chi connectivity index (χ2n) is 29.0. The van der Waals surface area contributed by atoms with Gasteiger partial charge in [-0.1, -0.05) is 207 Å². The monoisotopic (exact) mass is 1590 g/mol. The van der Waals surface area contributed by atoms with E-state index in [0.29, 0.717) is 39.5 Å². The number of hydrogen-bond donors (Lipinski definition) is 0. The number of thiophene rings is 2. The van der Waals surface area contributed by atoms with Crippen LogP contribution < -0.4 is 30.1 Å². The Balaban J connectivity index is 1.06. The van der Waals surface area contributed by atoms with Gasteiger partial charge in [-0.05, 0) is 0 Å². The maximum atomic E-state index is 15.9. The molecule has 536 valence electrons. The predicted molar refractivity (Wildman–Crippen MR) is 417 cm³/mol. The van der Waals surface area contributed by atoms with E-state index in [-0.39, 0.29) is 11.1 Å². The number of unbranched alkanes of at least 4 members (excludes halogenated alkanes) is 34. The van der Waals surface area contributed by atoms with E-state index >= 15 is 9.59 Å². The minimum atomic E-state index is -1.07. The van der Waals surface area contributed by atoms with Crippen LogP contribution >= 0.6 is 22.7 Å². The zero-order valence-corrected chi connectivity index (χ0v) is 67.7. The molecule has 0 aromatic carbocycles. The quantitative estimate of drug-likeness (QED) is 0.0280. The van der Waals surface area contributed by atoms with Crippen molar-refractivity contribution in [3.05, 3.63) is 65.6 Å². The van der Waals surface area contributed by atoms with Crippen molar-refractivity contribution in [1.82, 2.24) is 9.13 Å². The van der Waals surface area contributed by atoms with Crippen LogP contribution in [0.3, 0.4) is 0 Å². The van der Waals surface area contributed by atoms with E-state index in [9.17, 15) is 0 Å². The Labute approximate surface area is 610 Å². The van der Waals surface area contributed by atoms with E-state index in [0.717, 1.165) is 106 Å². The fourth-order valence-electron chi connectivity index (χ4n) is 15.2. The number of pyridine rings is 2. The fraction of sp³-hybridized carbons (Fsp3) is 0.714. The molecule has 6 aromatic rings. The zero-order valence-electron chi connectivity index (χ0n) is 61.4. The number of fused-ring (bicyclic) bond motifs is 3. The molecule has 8 rings (SSSR count). The average Bonchev–Trinajstić information content (AvgIpc) is 1.23. The van der Waals surface area contributed by atoms with E-state index in [1.165, 1.54) is 280 Å². The van der Waals surface area contributed by atoms with Gasteiger partial charge in [0.15, 0.2) is 0 Å². The van der Waals surface area contributed by atoms with Crippen LogP contribution in [-0.4, -0.2) is 76.4 Å². The normalized spacial score (nSPS) is 13.6. The predicted octanol–water partition coefficient (Wildman–Crippen LogP) is 25.5. The second kappa shape index (κ2) is 46.0. The molecule has 0 saturated heterocycles. The van der Waals surface area contributed by atoms with Gasteiger partial charge in [-0.25, -0.2) is 0 Å². The minimum absolute atomic E-state index is 0.0961. The van der Waals surface area contributed by atoms with Crippen LogP contribution in [-0.2, 0) is 13.1 Å². The van der Waals surface area contributed by atoms with Crippen LogP contribution in [0.5, 0.6) is 23.0 Å². The zero-order chi connectivity index (χ0) is 67.4. The molecular formula is C84H130N2O6S2Te2. The van der Waals surface area contributed by atoms with Crippen LogP contribution in [0.2, 0.25) is 0 Å². The van der Waals surface area contributed by atoms with Crippen molar-refractivity contribution in [2.75, 3.05) is 26.4 Å². The summed E-state index contributed by atoms with van der Waals surface area (Å²) >= 11 is 1.68. The van der Waals surface area contributed by atoms with Gasteiger partial charge in [0.2, 0.25) is 0 Å². The molecule has 6 aromatic heterocycles. The smallest absolute Gasteiger partial charge is 0.0654 e. The van der Waals surface area contributed by atoms with E-state index in [1.54, 1.807) is 22.7 Å². The van der Waals surface area contributed by atoms with E-state index in [1.807, 2.05) is 0 Å². The van der Waals surface area contributed by atoms with Gasteiger partial charge in [0.25, 0.3) is 0 Å². The van der Waals surface area contributed by atoms with E-state index in [4.69, 9.17) is 18.9 Å². The SMILES string of the molecule is CCCCCCCCCCCCC(CCCCCCCCCC)CCCCn1c(=O)c(-c2ccc(C)[te]2)cc2c1cc(-c1ccc(-c3sc(-c4sc(C)c5c4OCCO5)c4c3OCCO4)[te]1)c(=O)n2CCCCC(CCCCCCCCCC)CCCCCCCCCCCC. The number of ether oxygens (including phenoxy) is 4. The minimum Gasteiger partial charge on any atom is -0.0654 e. The first kappa shape index (κ1) is 79.0. The molecule has 12 heteroatoms. The van der Waals surface area contributed by atoms with Crippen molar-refractivity contribution in [2.45, 2.75) is 350 Å². The topological polar surface area (TPSA) is 80.9 Å². The Morgan fingerprint density at radius 1 is 0.354 bits per heavy atom.